The van der Waals surface area contributed by atoms with E-state index in [0.29, 0.717) is 30.2 Å². The SMILES string of the molecule is Cc1ccccc1CN1C(=O)c2cc(-c3ccco3)nn2C[C@]1(C)C(=O)NCc1ccccc1. The van der Waals surface area contributed by atoms with Gasteiger partial charge in [0, 0.05) is 19.2 Å². The topological polar surface area (TPSA) is 80.4 Å². The maximum absolute atomic E-state index is 13.8. The molecule has 1 aliphatic heterocycles. The Morgan fingerprint density at radius 1 is 1.09 bits per heavy atom. The summed E-state index contributed by atoms with van der Waals surface area (Å²) in [6.45, 7) is 4.76. The lowest BCUT2D eigenvalue weighted by Gasteiger charge is -2.43. The smallest absolute Gasteiger partial charge is 0.273 e. The quantitative estimate of drug-likeness (QED) is 0.474. The lowest BCUT2D eigenvalue weighted by Crippen LogP contribution is -2.63. The first kappa shape index (κ1) is 21.7. The number of furan rings is 1. The third-order valence-electron chi connectivity index (χ3n) is 6.45. The largest absolute Gasteiger partial charge is 0.463 e. The third kappa shape index (κ3) is 3.90. The Bertz CT molecular complexity index is 1330. The van der Waals surface area contributed by atoms with Gasteiger partial charge in [-0.3, -0.25) is 14.3 Å². The number of amides is 2. The number of carbonyl (C=O) groups excluding carboxylic acids is 2. The van der Waals surface area contributed by atoms with Gasteiger partial charge in [-0.05, 0) is 42.7 Å². The Labute approximate surface area is 198 Å². The van der Waals surface area contributed by atoms with E-state index in [1.807, 2.05) is 61.5 Å². The summed E-state index contributed by atoms with van der Waals surface area (Å²) < 4.78 is 7.10. The van der Waals surface area contributed by atoms with Crippen LogP contribution in [0.3, 0.4) is 0 Å². The molecule has 5 rings (SSSR count). The molecule has 0 saturated carbocycles. The molecule has 0 aliphatic carbocycles. The van der Waals surface area contributed by atoms with Crippen molar-refractivity contribution in [3.05, 3.63) is 101 Å². The Kier molecular flexibility index (Phi) is 5.53. The number of nitrogens with one attached hydrogen (secondary N) is 1. The lowest BCUT2D eigenvalue weighted by molar-refractivity contribution is -0.133. The summed E-state index contributed by atoms with van der Waals surface area (Å²) in [5.41, 5.74) is 2.93. The second kappa shape index (κ2) is 8.67. The van der Waals surface area contributed by atoms with Gasteiger partial charge in [-0.2, -0.15) is 5.10 Å². The van der Waals surface area contributed by atoms with Crippen molar-refractivity contribution in [2.45, 2.75) is 39.0 Å². The van der Waals surface area contributed by atoms with Crippen molar-refractivity contribution < 1.29 is 14.0 Å². The van der Waals surface area contributed by atoms with Crippen LogP contribution in [0.4, 0.5) is 0 Å². The normalized spacial score (nSPS) is 17.5. The van der Waals surface area contributed by atoms with Gasteiger partial charge < -0.3 is 14.6 Å². The van der Waals surface area contributed by atoms with E-state index in [1.54, 1.807) is 41.0 Å². The van der Waals surface area contributed by atoms with Gasteiger partial charge in [0.2, 0.25) is 5.91 Å². The molecule has 1 atom stereocenters. The van der Waals surface area contributed by atoms with E-state index in [4.69, 9.17) is 4.42 Å². The minimum Gasteiger partial charge on any atom is -0.463 e. The molecule has 3 heterocycles. The van der Waals surface area contributed by atoms with Crippen molar-refractivity contribution in [2.24, 2.45) is 0 Å². The molecule has 1 N–H and O–H groups in total. The summed E-state index contributed by atoms with van der Waals surface area (Å²) in [5.74, 6) is 0.117. The fourth-order valence-electron chi connectivity index (χ4n) is 4.36. The molecule has 34 heavy (non-hydrogen) atoms. The molecule has 4 aromatic rings. The number of fused-ring (bicyclic) bond motifs is 1. The lowest BCUT2D eigenvalue weighted by atomic mass is 9.93. The van der Waals surface area contributed by atoms with E-state index >= 15 is 0 Å². The van der Waals surface area contributed by atoms with Crippen LogP contribution in [0.15, 0.2) is 83.5 Å². The Hall–Kier alpha value is -4.13. The van der Waals surface area contributed by atoms with Crippen LogP contribution in [-0.4, -0.2) is 32.0 Å². The van der Waals surface area contributed by atoms with Crippen molar-refractivity contribution in [2.75, 3.05) is 0 Å². The first-order chi connectivity index (χ1) is 16.5. The first-order valence-corrected chi connectivity index (χ1v) is 11.3. The van der Waals surface area contributed by atoms with Crippen LogP contribution >= 0.6 is 0 Å². The summed E-state index contributed by atoms with van der Waals surface area (Å²) in [4.78, 5) is 29.0. The molecular formula is C27H26N4O3. The van der Waals surface area contributed by atoms with Gasteiger partial charge in [-0.1, -0.05) is 54.6 Å². The highest BCUT2D eigenvalue weighted by atomic mass is 16.3. The molecule has 172 valence electrons. The zero-order chi connectivity index (χ0) is 23.7. The third-order valence-corrected chi connectivity index (χ3v) is 6.45. The minimum absolute atomic E-state index is 0.223. The van der Waals surface area contributed by atoms with E-state index in [1.165, 1.54) is 0 Å². The van der Waals surface area contributed by atoms with Crippen molar-refractivity contribution >= 4 is 11.8 Å². The Morgan fingerprint density at radius 3 is 2.59 bits per heavy atom. The Balaban J connectivity index is 1.51. The number of nitrogens with zero attached hydrogens (tertiary/aromatic N) is 3. The number of carbonyl (C=O) groups is 2. The van der Waals surface area contributed by atoms with E-state index in [9.17, 15) is 9.59 Å². The molecule has 2 aromatic heterocycles. The molecular weight excluding hydrogens is 428 g/mol. The van der Waals surface area contributed by atoms with Crippen LogP contribution in [0.5, 0.6) is 0 Å². The second-order valence-corrected chi connectivity index (χ2v) is 8.81. The highest BCUT2D eigenvalue weighted by molar-refractivity contribution is 6.00. The summed E-state index contributed by atoms with van der Waals surface area (Å²) >= 11 is 0. The molecule has 2 aromatic carbocycles. The molecule has 0 spiro atoms. The minimum atomic E-state index is -1.13. The van der Waals surface area contributed by atoms with Crippen LogP contribution in [0, 0.1) is 6.92 Å². The predicted octanol–water partition coefficient (Wildman–Crippen LogP) is 4.18. The number of aryl methyl sites for hydroxylation is 1. The average molecular weight is 455 g/mol. The standard InChI is InChI=1S/C27H26N4O3/c1-19-9-6-7-12-21(19)17-30-25(32)23-15-22(24-13-8-14-34-24)29-31(23)18-27(30,2)26(33)28-16-20-10-4-3-5-11-20/h3-15H,16-18H2,1-2H3,(H,28,33)/t27-/m1/s1. The van der Waals surface area contributed by atoms with Crippen LogP contribution in [0.2, 0.25) is 0 Å². The number of aromatic nitrogens is 2. The van der Waals surface area contributed by atoms with Gasteiger partial charge in [0.15, 0.2) is 5.76 Å². The number of rotatable bonds is 6. The fourth-order valence-corrected chi connectivity index (χ4v) is 4.36. The highest BCUT2D eigenvalue weighted by Gasteiger charge is 2.48. The van der Waals surface area contributed by atoms with Crippen molar-refractivity contribution in [1.29, 1.82) is 0 Å². The van der Waals surface area contributed by atoms with Crippen LogP contribution in [0.1, 0.15) is 34.1 Å². The fraction of sp³-hybridized carbons (Fsp3) is 0.222. The van der Waals surface area contributed by atoms with Gasteiger partial charge in [0.1, 0.15) is 16.9 Å². The van der Waals surface area contributed by atoms with E-state index in [-0.39, 0.29) is 18.4 Å². The monoisotopic (exact) mass is 454 g/mol. The molecule has 0 saturated heterocycles. The first-order valence-electron chi connectivity index (χ1n) is 11.3. The number of hydrogen-bond acceptors (Lipinski definition) is 4. The summed E-state index contributed by atoms with van der Waals surface area (Å²) in [7, 11) is 0. The number of hydrogen-bond donors (Lipinski definition) is 1. The molecule has 2 amide bonds. The highest BCUT2D eigenvalue weighted by Crippen LogP contribution is 2.32. The van der Waals surface area contributed by atoms with Crippen molar-refractivity contribution in [1.82, 2.24) is 20.0 Å². The van der Waals surface area contributed by atoms with Crippen LogP contribution in [0.25, 0.3) is 11.5 Å². The van der Waals surface area contributed by atoms with Gasteiger partial charge in [-0.25, -0.2) is 0 Å². The number of benzene rings is 2. The van der Waals surface area contributed by atoms with E-state index in [0.717, 1.165) is 16.7 Å². The van der Waals surface area contributed by atoms with Gasteiger partial charge >= 0.3 is 0 Å². The maximum atomic E-state index is 13.8. The predicted molar refractivity (Wildman–Crippen MR) is 128 cm³/mol. The molecule has 1 aliphatic rings. The average Bonchev–Trinajstić information content (AvgIpc) is 3.52. The molecule has 0 fully saturated rings. The molecule has 7 nitrogen and oxygen atoms in total. The molecule has 0 radical (unpaired) electrons. The second-order valence-electron chi connectivity index (χ2n) is 8.81. The van der Waals surface area contributed by atoms with Gasteiger partial charge in [0.05, 0.1) is 12.8 Å². The van der Waals surface area contributed by atoms with Crippen LogP contribution < -0.4 is 5.32 Å². The van der Waals surface area contributed by atoms with Gasteiger partial charge in [0.25, 0.3) is 5.91 Å². The zero-order valence-corrected chi connectivity index (χ0v) is 19.2. The van der Waals surface area contributed by atoms with Crippen LogP contribution in [-0.2, 0) is 24.4 Å². The van der Waals surface area contributed by atoms with E-state index < -0.39 is 5.54 Å². The maximum Gasteiger partial charge on any atom is 0.273 e. The summed E-state index contributed by atoms with van der Waals surface area (Å²) in [5, 5.41) is 7.63. The van der Waals surface area contributed by atoms with Crippen molar-refractivity contribution in [3.63, 3.8) is 0 Å². The summed E-state index contributed by atoms with van der Waals surface area (Å²) in [6, 6.07) is 22.9. The van der Waals surface area contributed by atoms with Gasteiger partial charge in [-0.15, -0.1) is 0 Å². The molecule has 0 bridgehead atoms. The molecule has 0 unspecified atom stereocenters. The summed E-state index contributed by atoms with van der Waals surface area (Å²) in [6.07, 6.45) is 1.57. The Morgan fingerprint density at radius 2 is 1.85 bits per heavy atom. The van der Waals surface area contributed by atoms with E-state index in [2.05, 4.69) is 10.4 Å². The zero-order valence-electron chi connectivity index (χ0n) is 19.2. The van der Waals surface area contributed by atoms with Crippen molar-refractivity contribution in [3.8, 4) is 11.5 Å². The molecule has 7 heteroatoms.